The van der Waals surface area contributed by atoms with Crippen molar-refractivity contribution in [3.63, 3.8) is 0 Å². The fourth-order valence-corrected chi connectivity index (χ4v) is 4.43. The van der Waals surface area contributed by atoms with Crippen LogP contribution in [0.1, 0.15) is 47.9 Å². The van der Waals surface area contributed by atoms with E-state index in [1.54, 1.807) is 29.2 Å². The zero-order valence-corrected chi connectivity index (χ0v) is 17.8. The minimum atomic E-state index is -0.177. The topological polar surface area (TPSA) is 94.2 Å². The van der Waals surface area contributed by atoms with Crippen LogP contribution in [0.3, 0.4) is 0 Å². The maximum absolute atomic E-state index is 13.0. The standard InChI is InChI=1S/C24H26N6O2/c31-23(29-14-4-5-15-29)18-10-12-19(13-11-18)25-24(32)30-16-6-9-20(30)22-26-21(27-28-22)17-7-2-1-3-8-17/h1-3,7-8,10-13,20H,4-6,9,14-16H2,(H,25,32)(H,26,27,28)/t20-/m1/s1. The second-order valence-electron chi connectivity index (χ2n) is 8.27. The van der Waals surface area contributed by atoms with Crippen LogP contribution in [-0.2, 0) is 0 Å². The van der Waals surface area contributed by atoms with Crippen LogP contribution in [0.2, 0.25) is 0 Å². The molecule has 2 aromatic carbocycles. The van der Waals surface area contributed by atoms with E-state index in [1.807, 2.05) is 35.2 Å². The highest BCUT2D eigenvalue weighted by Gasteiger charge is 2.32. The Morgan fingerprint density at radius 3 is 2.44 bits per heavy atom. The van der Waals surface area contributed by atoms with Gasteiger partial charge in [-0.2, -0.15) is 5.10 Å². The number of nitrogens with zero attached hydrogens (tertiary/aromatic N) is 4. The van der Waals surface area contributed by atoms with Gasteiger partial charge in [0.1, 0.15) is 5.82 Å². The Labute approximate surface area is 186 Å². The lowest BCUT2D eigenvalue weighted by atomic mass is 10.2. The molecule has 164 valence electrons. The Morgan fingerprint density at radius 1 is 0.938 bits per heavy atom. The summed E-state index contributed by atoms with van der Waals surface area (Å²) in [4.78, 5) is 33.8. The molecule has 0 saturated carbocycles. The molecular weight excluding hydrogens is 404 g/mol. The summed E-state index contributed by atoms with van der Waals surface area (Å²) < 4.78 is 0. The summed E-state index contributed by atoms with van der Waals surface area (Å²) in [6, 6.07) is 16.6. The van der Waals surface area contributed by atoms with Crippen molar-refractivity contribution in [1.82, 2.24) is 25.0 Å². The van der Waals surface area contributed by atoms with Gasteiger partial charge >= 0.3 is 6.03 Å². The molecule has 0 aliphatic carbocycles. The minimum absolute atomic E-state index is 0.0551. The van der Waals surface area contributed by atoms with Crippen LogP contribution in [0.5, 0.6) is 0 Å². The second-order valence-corrected chi connectivity index (χ2v) is 8.27. The third kappa shape index (κ3) is 4.08. The van der Waals surface area contributed by atoms with Crippen LogP contribution < -0.4 is 5.32 Å². The van der Waals surface area contributed by atoms with Crippen LogP contribution in [0.25, 0.3) is 11.4 Å². The molecule has 1 aromatic heterocycles. The summed E-state index contributed by atoms with van der Waals surface area (Å²) in [5, 5.41) is 10.3. The molecule has 2 fully saturated rings. The van der Waals surface area contributed by atoms with E-state index in [0.29, 0.717) is 29.4 Å². The van der Waals surface area contributed by atoms with E-state index in [0.717, 1.165) is 44.3 Å². The number of urea groups is 1. The zero-order chi connectivity index (χ0) is 21.9. The van der Waals surface area contributed by atoms with Gasteiger partial charge in [0, 0.05) is 36.4 Å². The Bertz CT molecular complexity index is 1090. The van der Waals surface area contributed by atoms with Gasteiger partial charge in [-0.3, -0.25) is 9.89 Å². The summed E-state index contributed by atoms with van der Waals surface area (Å²) in [6.45, 7) is 2.30. The highest BCUT2D eigenvalue weighted by atomic mass is 16.2. The van der Waals surface area contributed by atoms with Crippen LogP contribution in [0.4, 0.5) is 10.5 Å². The number of nitrogens with one attached hydrogen (secondary N) is 2. The van der Waals surface area contributed by atoms with E-state index in [9.17, 15) is 9.59 Å². The normalized spacial score (nSPS) is 18.2. The maximum Gasteiger partial charge on any atom is 0.322 e. The number of carbonyl (C=O) groups is 2. The molecule has 0 unspecified atom stereocenters. The number of anilines is 1. The zero-order valence-electron chi connectivity index (χ0n) is 17.8. The number of benzene rings is 2. The van der Waals surface area contributed by atoms with Crippen LogP contribution in [0, 0.1) is 0 Å². The van der Waals surface area contributed by atoms with Crippen molar-refractivity contribution in [3.8, 4) is 11.4 Å². The summed E-state index contributed by atoms with van der Waals surface area (Å²) in [6.07, 6.45) is 3.87. The molecule has 1 atom stereocenters. The first kappa shape index (κ1) is 20.2. The van der Waals surface area contributed by atoms with Crippen molar-refractivity contribution in [3.05, 3.63) is 66.0 Å². The smallest absolute Gasteiger partial charge is 0.322 e. The van der Waals surface area contributed by atoms with Crippen molar-refractivity contribution < 1.29 is 9.59 Å². The molecule has 2 aliphatic heterocycles. The third-order valence-electron chi connectivity index (χ3n) is 6.14. The molecule has 2 aliphatic rings. The largest absolute Gasteiger partial charge is 0.339 e. The Morgan fingerprint density at radius 2 is 1.69 bits per heavy atom. The molecule has 32 heavy (non-hydrogen) atoms. The molecule has 0 radical (unpaired) electrons. The predicted molar refractivity (Wildman–Crippen MR) is 121 cm³/mol. The van der Waals surface area contributed by atoms with Gasteiger partial charge in [0.2, 0.25) is 0 Å². The quantitative estimate of drug-likeness (QED) is 0.652. The average Bonchev–Trinajstić information content (AvgIpc) is 3.61. The fraction of sp³-hybridized carbons (Fsp3) is 0.333. The van der Waals surface area contributed by atoms with Gasteiger partial charge in [-0.05, 0) is 49.9 Å². The molecular formula is C24H26N6O2. The first-order valence-corrected chi connectivity index (χ1v) is 11.1. The van der Waals surface area contributed by atoms with Gasteiger partial charge in [-0.25, -0.2) is 9.78 Å². The van der Waals surface area contributed by atoms with Gasteiger partial charge in [0.25, 0.3) is 5.91 Å². The van der Waals surface area contributed by atoms with Crippen molar-refractivity contribution >= 4 is 17.6 Å². The average molecular weight is 431 g/mol. The lowest BCUT2D eigenvalue weighted by molar-refractivity contribution is 0.0793. The van der Waals surface area contributed by atoms with Gasteiger partial charge in [-0.15, -0.1) is 0 Å². The monoisotopic (exact) mass is 430 g/mol. The molecule has 5 rings (SSSR count). The van der Waals surface area contributed by atoms with Gasteiger partial charge in [-0.1, -0.05) is 30.3 Å². The highest BCUT2D eigenvalue weighted by molar-refractivity contribution is 5.95. The second kappa shape index (κ2) is 8.82. The fourth-order valence-electron chi connectivity index (χ4n) is 4.43. The van der Waals surface area contributed by atoms with E-state index in [2.05, 4.69) is 20.5 Å². The van der Waals surface area contributed by atoms with E-state index in [-0.39, 0.29) is 18.0 Å². The van der Waals surface area contributed by atoms with Gasteiger partial charge in [0.05, 0.1) is 6.04 Å². The number of likely N-dealkylation sites (tertiary alicyclic amines) is 2. The molecule has 8 nitrogen and oxygen atoms in total. The Hall–Kier alpha value is -3.68. The molecule has 3 aromatic rings. The number of aromatic amines is 1. The number of aromatic nitrogens is 3. The minimum Gasteiger partial charge on any atom is -0.339 e. The number of hydrogen-bond donors (Lipinski definition) is 2. The predicted octanol–water partition coefficient (Wildman–Crippen LogP) is 4.08. The van der Waals surface area contributed by atoms with E-state index in [1.165, 1.54) is 0 Å². The van der Waals surface area contributed by atoms with Crippen molar-refractivity contribution in [2.75, 3.05) is 25.0 Å². The summed E-state index contributed by atoms with van der Waals surface area (Å²) in [5.74, 6) is 1.38. The van der Waals surface area contributed by atoms with Crippen molar-refractivity contribution in [2.45, 2.75) is 31.7 Å². The van der Waals surface area contributed by atoms with Gasteiger partial charge in [0.15, 0.2) is 5.82 Å². The van der Waals surface area contributed by atoms with E-state index in [4.69, 9.17) is 0 Å². The van der Waals surface area contributed by atoms with Crippen LogP contribution >= 0.6 is 0 Å². The molecule has 0 spiro atoms. The Kier molecular flexibility index (Phi) is 5.58. The first-order chi connectivity index (χ1) is 15.7. The number of amides is 3. The molecule has 3 heterocycles. The molecule has 3 amide bonds. The Balaban J connectivity index is 1.25. The summed E-state index contributed by atoms with van der Waals surface area (Å²) >= 11 is 0. The number of hydrogen-bond acceptors (Lipinski definition) is 4. The van der Waals surface area contributed by atoms with Crippen molar-refractivity contribution in [2.24, 2.45) is 0 Å². The van der Waals surface area contributed by atoms with Crippen LogP contribution in [0.15, 0.2) is 54.6 Å². The van der Waals surface area contributed by atoms with Crippen molar-refractivity contribution in [1.29, 1.82) is 0 Å². The molecule has 0 bridgehead atoms. The number of H-pyrrole nitrogens is 1. The van der Waals surface area contributed by atoms with E-state index < -0.39 is 0 Å². The lowest BCUT2D eigenvalue weighted by Crippen LogP contribution is -2.35. The van der Waals surface area contributed by atoms with Gasteiger partial charge < -0.3 is 15.1 Å². The highest BCUT2D eigenvalue weighted by Crippen LogP contribution is 2.31. The maximum atomic E-state index is 13.0. The molecule has 8 heteroatoms. The number of carbonyl (C=O) groups excluding carboxylic acids is 2. The van der Waals surface area contributed by atoms with Crippen LogP contribution in [-0.4, -0.2) is 56.6 Å². The summed E-state index contributed by atoms with van der Waals surface area (Å²) in [5.41, 5.74) is 2.26. The third-order valence-corrected chi connectivity index (χ3v) is 6.14. The number of rotatable bonds is 4. The first-order valence-electron chi connectivity index (χ1n) is 11.1. The lowest BCUT2D eigenvalue weighted by Gasteiger charge is -2.23. The summed E-state index contributed by atoms with van der Waals surface area (Å²) in [7, 11) is 0. The molecule has 2 saturated heterocycles. The SMILES string of the molecule is O=C(c1ccc(NC(=O)N2CCC[C@@H]2c2nc(-c3ccccc3)n[nH]2)cc1)N1CCCC1. The van der Waals surface area contributed by atoms with E-state index >= 15 is 0 Å². The molecule has 2 N–H and O–H groups in total.